The van der Waals surface area contributed by atoms with Crippen molar-refractivity contribution in [2.75, 3.05) is 19.7 Å². The largest absolute Gasteiger partial charge is 0.505 e. The van der Waals surface area contributed by atoms with Crippen LogP contribution >= 0.6 is 0 Å². The van der Waals surface area contributed by atoms with Crippen LogP contribution in [0.4, 0.5) is 4.39 Å². The fourth-order valence-electron chi connectivity index (χ4n) is 4.43. The third-order valence-corrected chi connectivity index (χ3v) is 6.22. The van der Waals surface area contributed by atoms with Gasteiger partial charge in [-0.2, -0.15) is 0 Å². The van der Waals surface area contributed by atoms with Gasteiger partial charge in [0, 0.05) is 24.6 Å². The lowest BCUT2D eigenvalue weighted by atomic mass is 9.84. The second-order valence-corrected chi connectivity index (χ2v) is 8.56. The first-order chi connectivity index (χ1) is 14.2. The molecule has 1 heterocycles. The maximum atomic E-state index is 13.4. The molecule has 1 aromatic rings. The van der Waals surface area contributed by atoms with Gasteiger partial charge in [0.15, 0.2) is 17.3 Å². The molecule has 3 atom stereocenters. The highest BCUT2D eigenvalue weighted by Crippen LogP contribution is 2.44. The lowest BCUT2D eigenvalue weighted by Crippen LogP contribution is -2.43. The van der Waals surface area contributed by atoms with Gasteiger partial charge in [0.2, 0.25) is 5.91 Å². The normalized spacial score (nSPS) is 26.0. The summed E-state index contributed by atoms with van der Waals surface area (Å²) in [6.45, 7) is 4.99. The number of benzene rings is 1. The SMILES string of the molecule is CCN(C(=O)[C@H]1CC[C@](C)(CCNC(=O)c2ccc(O)c(F)c2)C1)[C@@H]1CC(=O)CO1. The van der Waals surface area contributed by atoms with Crippen molar-refractivity contribution in [2.24, 2.45) is 11.3 Å². The summed E-state index contributed by atoms with van der Waals surface area (Å²) in [5.41, 5.74) is 0.0687. The van der Waals surface area contributed by atoms with Crippen molar-refractivity contribution in [2.45, 2.75) is 52.2 Å². The van der Waals surface area contributed by atoms with Gasteiger partial charge < -0.3 is 20.1 Å². The lowest BCUT2D eigenvalue weighted by Gasteiger charge is -2.30. The molecule has 164 valence electrons. The fraction of sp³-hybridized carbons (Fsp3) is 0.591. The number of amides is 2. The van der Waals surface area contributed by atoms with Crippen molar-refractivity contribution in [3.63, 3.8) is 0 Å². The van der Waals surface area contributed by atoms with Crippen molar-refractivity contribution < 1.29 is 28.6 Å². The summed E-state index contributed by atoms with van der Waals surface area (Å²) in [5.74, 6) is -1.79. The minimum atomic E-state index is -0.833. The number of hydrogen-bond acceptors (Lipinski definition) is 5. The third-order valence-electron chi connectivity index (χ3n) is 6.22. The van der Waals surface area contributed by atoms with Gasteiger partial charge in [-0.25, -0.2) is 4.39 Å². The number of Topliss-reactive ketones (excluding diaryl/α,β-unsaturated/α-hetero) is 1. The van der Waals surface area contributed by atoms with Crippen LogP contribution in [0.15, 0.2) is 18.2 Å². The van der Waals surface area contributed by atoms with Gasteiger partial charge >= 0.3 is 0 Å². The summed E-state index contributed by atoms with van der Waals surface area (Å²) < 4.78 is 18.9. The molecule has 30 heavy (non-hydrogen) atoms. The van der Waals surface area contributed by atoms with E-state index in [4.69, 9.17) is 4.74 Å². The second kappa shape index (κ2) is 9.12. The molecule has 0 bridgehead atoms. The van der Waals surface area contributed by atoms with Crippen LogP contribution in [0.25, 0.3) is 0 Å². The molecule has 7 nitrogen and oxygen atoms in total. The van der Waals surface area contributed by atoms with E-state index in [2.05, 4.69) is 12.2 Å². The Balaban J connectivity index is 1.50. The van der Waals surface area contributed by atoms with Crippen LogP contribution in [0, 0.1) is 17.2 Å². The van der Waals surface area contributed by atoms with Gasteiger partial charge in [-0.1, -0.05) is 6.92 Å². The van der Waals surface area contributed by atoms with Crippen molar-refractivity contribution in [3.05, 3.63) is 29.6 Å². The predicted molar refractivity (Wildman–Crippen MR) is 107 cm³/mol. The zero-order valence-corrected chi connectivity index (χ0v) is 17.4. The van der Waals surface area contributed by atoms with E-state index in [1.54, 1.807) is 4.90 Å². The zero-order valence-electron chi connectivity index (χ0n) is 17.4. The zero-order chi connectivity index (χ0) is 21.9. The molecule has 0 unspecified atom stereocenters. The average molecular weight is 420 g/mol. The van der Waals surface area contributed by atoms with Crippen LogP contribution in [-0.2, 0) is 14.3 Å². The highest BCUT2D eigenvalue weighted by Gasteiger charge is 2.41. The van der Waals surface area contributed by atoms with E-state index in [0.29, 0.717) is 25.9 Å². The number of ketones is 1. The van der Waals surface area contributed by atoms with Gasteiger partial charge in [0.1, 0.15) is 12.8 Å². The molecule has 2 amide bonds. The van der Waals surface area contributed by atoms with Crippen LogP contribution in [0.5, 0.6) is 5.75 Å². The molecule has 1 aliphatic carbocycles. The quantitative estimate of drug-likeness (QED) is 0.707. The molecule has 3 rings (SSSR count). The standard InChI is InChI=1S/C22H29FN2O5/c1-3-25(19-11-16(26)13-30-19)21(29)15-6-7-22(2,12-15)8-9-24-20(28)14-4-5-18(27)17(23)10-14/h4-5,10,15,19,27H,3,6-9,11-13H2,1-2H3,(H,24,28)/t15-,19-,22+/m0/s1. The molecular weight excluding hydrogens is 391 g/mol. The van der Waals surface area contributed by atoms with E-state index in [1.807, 2.05) is 6.92 Å². The molecule has 2 fully saturated rings. The highest BCUT2D eigenvalue weighted by atomic mass is 19.1. The van der Waals surface area contributed by atoms with E-state index < -0.39 is 23.7 Å². The van der Waals surface area contributed by atoms with Crippen molar-refractivity contribution >= 4 is 17.6 Å². The molecule has 0 radical (unpaired) electrons. The topological polar surface area (TPSA) is 95.9 Å². The maximum absolute atomic E-state index is 13.4. The molecule has 2 N–H and O–H groups in total. The molecule has 1 saturated heterocycles. The molecule has 0 aromatic heterocycles. The second-order valence-electron chi connectivity index (χ2n) is 8.56. The maximum Gasteiger partial charge on any atom is 0.251 e. The number of nitrogens with zero attached hydrogens (tertiary/aromatic N) is 1. The third kappa shape index (κ3) is 4.98. The molecule has 0 spiro atoms. The molecular formula is C22H29FN2O5. The van der Waals surface area contributed by atoms with Crippen LogP contribution in [0.2, 0.25) is 0 Å². The molecule has 1 aliphatic heterocycles. The molecule has 1 saturated carbocycles. The lowest BCUT2D eigenvalue weighted by molar-refractivity contribution is -0.146. The monoisotopic (exact) mass is 420 g/mol. The number of halogens is 1. The van der Waals surface area contributed by atoms with E-state index in [1.165, 1.54) is 6.07 Å². The van der Waals surface area contributed by atoms with Crippen LogP contribution in [-0.4, -0.2) is 53.5 Å². The van der Waals surface area contributed by atoms with E-state index >= 15 is 0 Å². The van der Waals surface area contributed by atoms with Gasteiger partial charge in [-0.15, -0.1) is 0 Å². The Morgan fingerprint density at radius 1 is 1.40 bits per heavy atom. The number of aromatic hydroxyl groups is 1. The first-order valence-electron chi connectivity index (χ1n) is 10.4. The number of carbonyl (C=O) groups excluding carboxylic acids is 3. The highest BCUT2D eigenvalue weighted by molar-refractivity contribution is 5.94. The van der Waals surface area contributed by atoms with Crippen molar-refractivity contribution in [1.29, 1.82) is 0 Å². The molecule has 1 aromatic carbocycles. The van der Waals surface area contributed by atoms with Gasteiger partial charge in [0.25, 0.3) is 5.91 Å². The summed E-state index contributed by atoms with van der Waals surface area (Å²) in [5, 5.41) is 12.0. The average Bonchev–Trinajstić information content (AvgIpc) is 3.30. The number of rotatable bonds is 7. The Morgan fingerprint density at radius 2 is 2.17 bits per heavy atom. The smallest absolute Gasteiger partial charge is 0.251 e. The van der Waals surface area contributed by atoms with Crippen LogP contribution in [0.3, 0.4) is 0 Å². The number of phenolic OH excluding ortho intramolecular Hbond substituents is 1. The number of hydrogen-bond donors (Lipinski definition) is 2. The number of phenols is 1. The van der Waals surface area contributed by atoms with Gasteiger partial charge in [-0.05, 0) is 56.2 Å². The van der Waals surface area contributed by atoms with Crippen LogP contribution < -0.4 is 5.32 Å². The van der Waals surface area contributed by atoms with E-state index in [9.17, 15) is 23.9 Å². The van der Waals surface area contributed by atoms with Crippen LogP contribution in [0.1, 0.15) is 56.3 Å². The number of ether oxygens (including phenoxy) is 1. The Kier molecular flexibility index (Phi) is 6.75. The molecule has 8 heteroatoms. The Labute approximate surface area is 175 Å². The van der Waals surface area contributed by atoms with E-state index in [-0.39, 0.29) is 41.6 Å². The number of nitrogens with one attached hydrogen (secondary N) is 1. The Hall–Kier alpha value is -2.48. The van der Waals surface area contributed by atoms with Gasteiger partial charge in [0.05, 0.1) is 6.42 Å². The van der Waals surface area contributed by atoms with Gasteiger partial charge in [-0.3, -0.25) is 14.4 Å². The summed E-state index contributed by atoms with van der Waals surface area (Å²) in [6.07, 6.45) is 2.86. The summed E-state index contributed by atoms with van der Waals surface area (Å²) >= 11 is 0. The summed E-state index contributed by atoms with van der Waals surface area (Å²) in [4.78, 5) is 38.4. The Bertz CT molecular complexity index is 830. The molecule has 2 aliphatic rings. The minimum Gasteiger partial charge on any atom is -0.505 e. The summed E-state index contributed by atoms with van der Waals surface area (Å²) in [6, 6.07) is 3.53. The fourth-order valence-corrected chi connectivity index (χ4v) is 4.43. The van der Waals surface area contributed by atoms with E-state index in [0.717, 1.165) is 25.0 Å². The summed E-state index contributed by atoms with van der Waals surface area (Å²) in [7, 11) is 0. The van der Waals surface area contributed by atoms with Crippen molar-refractivity contribution in [1.82, 2.24) is 10.2 Å². The predicted octanol–water partition coefficient (Wildman–Crippen LogP) is 2.62. The minimum absolute atomic E-state index is 0.0201. The first kappa shape index (κ1) is 22.2. The number of carbonyl (C=O) groups is 3. The Morgan fingerprint density at radius 3 is 2.80 bits per heavy atom. The van der Waals surface area contributed by atoms with Crippen molar-refractivity contribution in [3.8, 4) is 5.75 Å². The first-order valence-corrected chi connectivity index (χ1v) is 10.4.